The van der Waals surface area contributed by atoms with E-state index in [4.69, 9.17) is 5.11 Å². The summed E-state index contributed by atoms with van der Waals surface area (Å²) in [5.74, 6) is -1.69. The second kappa shape index (κ2) is 7.10. The highest BCUT2D eigenvalue weighted by molar-refractivity contribution is 6.02. The van der Waals surface area contributed by atoms with E-state index >= 15 is 0 Å². The molecule has 7 heteroatoms. The minimum absolute atomic E-state index is 0.227. The molecule has 0 atom stereocenters. The number of urea groups is 1. The van der Waals surface area contributed by atoms with Gasteiger partial charge in [0.25, 0.3) is 0 Å². The molecule has 0 radical (unpaired) electrons. The van der Waals surface area contributed by atoms with Crippen LogP contribution in [0.3, 0.4) is 0 Å². The predicted octanol–water partition coefficient (Wildman–Crippen LogP) is 1.01. The van der Waals surface area contributed by atoms with Crippen molar-refractivity contribution in [2.75, 3.05) is 11.4 Å². The molecule has 1 rings (SSSR count). The maximum atomic E-state index is 11.9. The van der Waals surface area contributed by atoms with Crippen molar-refractivity contribution in [2.24, 2.45) is 0 Å². The number of amides is 3. The first kappa shape index (κ1) is 14.6. The van der Waals surface area contributed by atoms with Gasteiger partial charge in [0, 0.05) is 31.0 Å². The molecule has 0 aromatic carbocycles. The van der Waals surface area contributed by atoms with Crippen LogP contribution in [-0.2, 0) is 9.59 Å². The number of carbonyl (C=O) groups excluding carboxylic acids is 2. The van der Waals surface area contributed by atoms with Crippen LogP contribution < -0.4 is 10.2 Å². The van der Waals surface area contributed by atoms with Gasteiger partial charge in [0.2, 0.25) is 5.91 Å². The van der Waals surface area contributed by atoms with E-state index in [1.54, 1.807) is 19.1 Å². The lowest BCUT2D eigenvalue weighted by Gasteiger charge is -2.20. The summed E-state index contributed by atoms with van der Waals surface area (Å²) in [6.07, 6.45) is 2.55. The number of imide groups is 1. The Labute approximate surface area is 110 Å². The van der Waals surface area contributed by atoms with Crippen molar-refractivity contribution in [3.05, 3.63) is 24.5 Å². The minimum Gasteiger partial charge on any atom is -0.481 e. The third-order valence-corrected chi connectivity index (χ3v) is 2.35. The Kier molecular flexibility index (Phi) is 5.46. The normalized spacial score (nSPS) is 9.74. The Morgan fingerprint density at radius 1 is 1.26 bits per heavy atom. The molecule has 0 fully saturated rings. The van der Waals surface area contributed by atoms with Crippen molar-refractivity contribution < 1.29 is 19.5 Å². The van der Waals surface area contributed by atoms with Gasteiger partial charge in [0.1, 0.15) is 0 Å². The molecule has 0 unspecified atom stereocenters. The molecule has 1 heterocycles. The average Bonchev–Trinajstić information content (AvgIpc) is 2.38. The predicted molar refractivity (Wildman–Crippen MR) is 67.7 cm³/mol. The zero-order valence-corrected chi connectivity index (χ0v) is 10.5. The number of aliphatic carboxylic acids is 1. The first-order chi connectivity index (χ1) is 9.04. The molecular weight excluding hydrogens is 250 g/mol. The SMILES string of the molecule is CCN(C(=O)NC(=O)CCC(=O)O)c1ccncc1. The third-order valence-electron chi connectivity index (χ3n) is 2.35. The summed E-state index contributed by atoms with van der Waals surface area (Å²) in [6, 6.07) is 2.71. The molecule has 2 N–H and O–H groups in total. The molecule has 7 nitrogen and oxygen atoms in total. The second-order valence-electron chi connectivity index (χ2n) is 3.70. The molecule has 0 saturated carbocycles. The molecule has 0 aliphatic carbocycles. The lowest BCUT2D eigenvalue weighted by atomic mass is 10.3. The number of aromatic nitrogens is 1. The van der Waals surface area contributed by atoms with Gasteiger partial charge in [-0.25, -0.2) is 4.79 Å². The topological polar surface area (TPSA) is 99.6 Å². The maximum absolute atomic E-state index is 11.9. The van der Waals surface area contributed by atoms with Crippen LogP contribution in [0.4, 0.5) is 10.5 Å². The minimum atomic E-state index is -1.08. The number of carboxylic acid groups (broad SMARTS) is 1. The number of carbonyl (C=O) groups is 3. The van der Waals surface area contributed by atoms with Crippen LogP contribution >= 0.6 is 0 Å². The maximum Gasteiger partial charge on any atom is 0.328 e. The molecule has 1 aromatic rings. The number of nitrogens with zero attached hydrogens (tertiary/aromatic N) is 2. The van der Waals surface area contributed by atoms with Crippen molar-refractivity contribution in [2.45, 2.75) is 19.8 Å². The summed E-state index contributed by atoms with van der Waals surface area (Å²) in [4.78, 5) is 38.8. The molecule has 0 bridgehead atoms. The Hall–Kier alpha value is -2.44. The lowest BCUT2D eigenvalue weighted by Crippen LogP contribution is -2.43. The van der Waals surface area contributed by atoms with E-state index in [0.717, 1.165) is 0 Å². The smallest absolute Gasteiger partial charge is 0.328 e. The van der Waals surface area contributed by atoms with Gasteiger partial charge in [0.15, 0.2) is 0 Å². The number of hydrogen-bond donors (Lipinski definition) is 2. The van der Waals surface area contributed by atoms with Crippen molar-refractivity contribution in [1.82, 2.24) is 10.3 Å². The van der Waals surface area contributed by atoms with E-state index < -0.39 is 17.9 Å². The number of rotatable bonds is 5. The molecule has 0 spiro atoms. The van der Waals surface area contributed by atoms with Gasteiger partial charge in [-0.1, -0.05) is 0 Å². The third kappa shape index (κ3) is 4.74. The van der Waals surface area contributed by atoms with Gasteiger partial charge in [-0.05, 0) is 19.1 Å². The van der Waals surface area contributed by atoms with E-state index in [9.17, 15) is 14.4 Å². The van der Waals surface area contributed by atoms with Crippen molar-refractivity contribution in [3.8, 4) is 0 Å². The Balaban J connectivity index is 2.60. The Bertz CT molecular complexity index is 461. The van der Waals surface area contributed by atoms with Crippen LogP contribution in [0.25, 0.3) is 0 Å². The van der Waals surface area contributed by atoms with Gasteiger partial charge in [0.05, 0.1) is 6.42 Å². The van der Waals surface area contributed by atoms with Crippen LogP contribution in [0, 0.1) is 0 Å². The molecule has 102 valence electrons. The van der Waals surface area contributed by atoms with Crippen LogP contribution in [0.15, 0.2) is 24.5 Å². The summed E-state index contributed by atoms with van der Waals surface area (Å²) in [6.45, 7) is 2.14. The van der Waals surface area contributed by atoms with Crippen molar-refractivity contribution in [1.29, 1.82) is 0 Å². The fourth-order valence-electron chi connectivity index (χ4n) is 1.44. The van der Waals surface area contributed by atoms with E-state index in [0.29, 0.717) is 12.2 Å². The fourth-order valence-corrected chi connectivity index (χ4v) is 1.44. The highest BCUT2D eigenvalue weighted by atomic mass is 16.4. The number of nitrogens with one attached hydrogen (secondary N) is 1. The van der Waals surface area contributed by atoms with Gasteiger partial charge >= 0.3 is 12.0 Å². The Morgan fingerprint density at radius 2 is 1.89 bits per heavy atom. The Morgan fingerprint density at radius 3 is 2.42 bits per heavy atom. The highest BCUT2D eigenvalue weighted by Crippen LogP contribution is 2.11. The van der Waals surface area contributed by atoms with Crippen molar-refractivity contribution in [3.63, 3.8) is 0 Å². The van der Waals surface area contributed by atoms with E-state index in [1.165, 1.54) is 17.3 Å². The van der Waals surface area contributed by atoms with Crippen LogP contribution in [0.2, 0.25) is 0 Å². The van der Waals surface area contributed by atoms with E-state index in [2.05, 4.69) is 10.3 Å². The van der Waals surface area contributed by atoms with Crippen LogP contribution in [-0.4, -0.2) is 34.5 Å². The van der Waals surface area contributed by atoms with Crippen molar-refractivity contribution >= 4 is 23.6 Å². The number of anilines is 1. The number of hydrogen-bond acceptors (Lipinski definition) is 4. The highest BCUT2D eigenvalue weighted by Gasteiger charge is 2.16. The zero-order chi connectivity index (χ0) is 14.3. The molecule has 19 heavy (non-hydrogen) atoms. The molecule has 0 aliphatic heterocycles. The number of carboxylic acids is 1. The summed E-state index contributed by atoms with van der Waals surface area (Å²) >= 11 is 0. The first-order valence-corrected chi connectivity index (χ1v) is 5.77. The summed E-state index contributed by atoms with van der Waals surface area (Å²) < 4.78 is 0. The quantitative estimate of drug-likeness (QED) is 0.827. The standard InChI is InChI=1S/C12H15N3O4/c1-2-15(9-5-7-13-8-6-9)12(19)14-10(16)3-4-11(17)18/h5-8H,2-4H2,1H3,(H,17,18)(H,14,16,19). The summed E-state index contributed by atoms with van der Waals surface area (Å²) in [5.41, 5.74) is 0.612. The van der Waals surface area contributed by atoms with E-state index in [1.807, 2.05) is 0 Å². The van der Waals surface area contributed by atoms with Crippen LogP contribution in [0.5, 0.6) is 0 Å². The van der Waals surface area contributed by atoms with Gasteiger partial charge in [-0.2, -0.15) is 0 Å². The lowest BCUT2D eigenvalue weighted by molar-refractivity contribution is -0.138. The van der Waals surface area contributed by atoms with Gasteiger partial charge in [-0.3, -0.25) is 24.8 Å². The molecular formula is C12H15N3O4. The van der Waals surface area contributed by atoms with Crippen LogP contribution in [0.1, 0.15) is 19.8 Å². The average molecular weight is 265 g/mol. The van der Waals surface area contributed by atoms with Gasteiger partial charge in [-0.15, -0.1) is 0 Å². The molecule has 1 aromatic heterocycles. The van der Waals surface area contributed by atoms with Gasteiger partial charge < -0.3 is 5.11 Å². The largest absolute Gasteiger partial charge is 0.481 e. The summed E-state index contributed by atoms with van der Waals surface area (Å²) in [5, 5.41) is 10.6. The molecule has 0 saturated heterocycles. The van der Waals surface area contributed by atoms with E-state index in [-0.39, 0.29) is 12.8 Å². The monoisotopic (exact) mass is 265 g/mol. The zero-order valence-electron chi connectivity index (χ0n) is 10.5. The fraction of sp³-hybridized carbons (Fsp3) is 0.333. The first-order valence-electron chi connectivity index (χ1n) is 5.77. The second-order valence-corrected chi connectivity index (χ2v) is 3.70. The molecule has 3 amide bonds. The summed E-state index contributed by atoms with van der Waals surface area (Å²) in [7, 11) is 0. The molecule has 0 aliphatic rings. The number of pyridine rings is 1.